The van der Waals surface area contributed by atoms with Crippen molar-refractivity contribution in [2.75, 3.05) is 14.2 Å². The highest BCUT2D eigenvalue weighted by molar-refractivity contribution is 5.86. The first-order valence-electron chi connectivity index (χ1n) is 16.2. The van der Waals surface area contributed by atoms with E-state index in [1.165, 1.54) is 61.2 Å². The lowest BCUT2D eigenvalue weighted by atomic mass is 9.58. The molecule has 0 fully saturated rings. The van der Waals surface area contributed by atoms with Gasteiger partial charge in [0.2, 0.25) is 0 Å². The van der Waals surface area contributed by atoms with Crippen LogP contribution in [0.4, 0.5) is 0 Å². The normalized spacial score (nSPS) is 13.6. The summed E-state index contributed by atoms with van der Waals surface area (Å²) in [5, 5.41) is 0. The van der Waals surface area contributed by atoms with Crippen molar-refractivity contribution in [1.82, 2.24) is 0 Å². The highest BCUT2D eigenvalue weighted by atomic mass is 16.5. The van der Waals surface area contributed by atoms with E-state index in [1.807, 2.05) is 24.3 Å². The Labute approximate surface area is 277 Å². The molecule has 0 unspecified atom stereocenters. The van der Waals surface area contributed by atoms with E-state index in [0.717, 1.165) is 17.9 Å². The van der Waals surface area contributed by atoms with Crippen LogP contribution in [0.1, 0.15) is 34.6 Å². The van der Waals surface area contributed by atoms with Crippen molar-refractivity contribution in [3.8, 4) is 44.9 Å². The maximum absolute atomic E-state index is 5.48. The van der Waals surface area contributed by atoms with Crippen molar-refractivity contribution in [3.63, 3.8) is 0 Å². The summed E-state index contributed by atoms with van der Waals surface area (Å²) in [6.45, 7) is 0. The summed E-state index contributed by atoms with van der Waals surface area (Å²) in [6.07, 6.45) is 7.79. The molecule has 0 saturated carbocycles. The van der Waals surface area contributed by atoms with Crippen LogP contribution in [-0.4, -0.2) is 14.2 Å². The van der Waals surface area contributed by atoms with Crippen molar-refractivity contribution in [1.29, 1.82) is 0 Å². The maximum atomic E-state index is 5.48. The molecule has 0 bridgehead atoms. The monoisotopic (exact) mass is 608 g/mol. The molecule has 0 amide bonds. The standard InChI is InChI=1S/C45H36O2/c1-46-38-23-17-31(18-24-38)33-21-27-40-41-28-22-34(32-19-25-39(47-2)26-20-32)30-43(41)44(42(40)29-33)45(37-15-9-10-16-37,35-11-5-3-6-12-35)36-13-7-4-8-14-36/h3-15,17-30,44H,16H2,1-2H3. The van der Waals surface area contributed by atoms with Crippen LogP contribution in [0.15, 0.2) is 169 Å². The molecule has 6 aromatic rings. The molecule has 0 radical (unpaired) electrons. The van der Waals surface area contributed by atoms with E-state index < -0.39 is 5.41 Å². The van der Waals surface area contributed by atoms with Gasteiger partial charge in [0.1, 0.15) is 11.5 Å². The molecule has 6 aromatic carbocycles. The Kier molecular flexibility index (Phi) is 7.34. The van der Waals surface area contributed by atoms with E-state index in [4.69, 9.17) is 9.47 Å². The Morgan fingerprint density at radius 3 is 1.36 bits per heavy atom. The lowest BCUT2D eigenvalue weighted by Gasteiger charge is -2.43. The van der Waals surface area contributed by atoms with Crippen molar-refractivity contribution in [2.24, 2.45) is 0 Å². The van der Waals surface area contributed by atoms with Crippen LogP contribution in [0.25, 0.3) is 33.4 Å². The van der Waals surface area contributed by atoms with Gasteiger partial charge in [-0.05, 0) is 98.5 Å². The van der Waals surface area contributed by atoms with Gasteiger partial charge in [-0.3, -0.25) is 0 Å². The zero-order valence-electron chi connectivity index (χ0n) is 26.7. The molecule has 0 aromatic heterocycles. The van der Waals surface area contributed by atoms with Crippen LogP contribution in [0, 0.1) is 0 Å². The molecular weight excluding hydrogens is 572 g/mol. The summed E-state index contributed by atoms with van der Waals surface area (Å²) in [5.41, 5.74) is 13.6. The number of fused-ring (bicyclic) bond motifs is 3. The predicted octanol–water partition coefficient (Wildman–Crippen LogP) is 11.0. The first-order valence-corrected chi connectivity index (χ1v) is 16.2. The van der Waals surface area contributed by atoms with Crippen LogP contribution in [-0.2, 0) is 5.41 Å². The number of ether oxygens (including phenoxy) is 2. The second kappa shape index (κ2) is 12.0. The quantitative estimate of drug-likeness (QED) is 0.171. The van der Waals surface area contributed by atoms with Crippen molar-refractivity contribution in [3.05, 3.63) is 192 Å². The average molecular weight is 609 g/mol. The number of hydrogen-bond acceptors (Lipinski definition) is 2. The van der Waals surface area contributed by atoms with Gasteiger partial charge in [-0.15, -0.1) is 0 Å². The first-order chi connectivity index (χ1) is 23.2. The molecule has 228 valence electrons. The zero-order valence-corrected chi connectivity index (χ0v) is 26.7. The summed E-state index contributed by atoms with van der Waals surface area (Å²) in [7, 11) is 3.43. The molecule has 2 aliphatic rings. The topological polar surface area (TPSA) is 18.5 Å². The van der Waals surface area contributed by atoms with Gasteiger partial charge in [-0.1, -0.05) is 133 Å². The van der Waals surface area contributed by atoms with Crippen LogP contribution < -0.4 is 9.47 Å². The minimum absolute atomic E-state index is 0.0276. The SMILES string of the molecule is COc1ccc(-c2ccc3c(c2)C(C(C2=CC=CC2)(c2ccccc2)c2ccccc2)c2cc(-c4ccc(OC)cc4)ccc2-3)cc1. The van der Waals surface area contributed by atoms with Gasteiger partial charge in [-0.2, -0.15) is 0 Å². The molecule has 8 rings (SSSR count). The summed E-state index contributed by atoms with van der Waals surface area (Å²) in [6, 6.07) is 53.2. The molecule has 0 aliphatic heterocycles. The van der Waals surface area contributed by atoms with E-state index in [1.54, 1.807) is 14.2 Å². The first kappa shape index (κ1) is 28.8. The lowest BCUT2D eigenvalue weighted by molar-refractivity contribution is 0.415. The van der Waals surface area contributed by atoms with Gasteiger partial charge in [0, 0.05) is 5.92 Å². The third kappa shape index (κ3) is 4.80. The summed E-state index contributed by atoms with van der Waals surface area (Å²) in [5.74, 6) is 1.75. The highest BCUT2D eigenvalue weighted by Gasteiger charge is 2.50. The van der Waals surface area contributed by atoms with Crippen LogP contribution >= 0.6 is 0 Å². The molecule has 0 atom stereocenters. The minimum atomic E-state index is -0.441. The van der Waals surface area contributed by atoms with E-state index in [9.17, 15) is 0 Å². The van der Waals surface area contributed by atoms with Gasteiger partial charge < -0.3 is 9.47 Å². The number of rotatable bonds is 8. The predicted molar refractivity (Wildman–Crippen MR) is 193 cm³/mol. The number of methoxy groups -OCH3 is 2. The molecule has 0 saturated heterocycles. The number of hydrogen-bond donors (Lipinski definition) is 0. The number of allylic oxidation sites excluding steroid dienone is 4. The van der Waals surface area contributed by atoms with Gasteiger partial charge >= 0.3 is 0 Å². The Morgan fingerprint density at radius 2 is 0.957 bits per heavy atom. The fourth-order valence-electron chi connectivity index (χ4n) is 7.85. The molecule has 2 heteroatoms. The Bertz CT molecular complexity index is 1970. The summed E-state index contributed by atoms with van der Waals surface area (Å²) >= 11 is 0. The maximum Gasteiger partial charge on any atom is 0.118 e. The molecule has 2 nitrogen and oxygen atoms in total. The smallest absolute Gasteiger partial charge is 0.118 e. The molecule has 47 heavy (non-hydrogen) atoms. The fraction of sp³-hybridized carbons (Fsp3) is 0.111. The molecule has 0 spiro atoms. The molecule has 2 aliphatic carbocycles. The van der Waals surface area contributed by atoms with E-state index in [0.29, 0.717) is 0 Å². The third-order valence-corrected chi connectivity index (χ3v) is 10.0. The van der Waals surface area contributed by atoms with E-state index in [-0.39, 0.29) is 5.92 Å². The van der Waals surface area contributed by atoms with E-state index >= 15 is 0 Å². The van der Waals surface area contributed by atoms with Gasteiger partial charge in [-0.25, -0.2) is 0 Å². The fourth-order valence-corrected chi connectivity index (χ4v) is 7.85. The Morgan fingerprint density at radius 1 is 0.511 bits per heavy atom. The van der Waals surface area contributed by atoms with Crippen LogP contribution in [0.3, 0.4) is 0 Å². The third-order valence-electron chi connectivity index (χ3n) is 10.0. The minimum Gasteiger partial charge on any atom is -0.497 e. The summed E-state index contributed by atoms with van der Waals surface area (Å²) < 4.78 is 11.0. The zero-order chi connectivity index (χ0) is 31.8. The summed E-state index contributed by atoms with van der Waals surface area (Å²) in [4.78, 5) is 0. The lowest BCUT2D eigenvalue weighted by Crippen LogP contribution is -2.37. The van der Waals surface area contributed by atoms with Crippen molar-refractivity contribution >= 4 is 0 Å². The molecule has 0 heterocycles. The van der Waals surface area contributed by atoms with Gasteiger partial charge in [0.25, 0.3) is 0 Å². The van der Waals surface area contributed by atoms with E-state index in [2.05, 4.69) is 140 Å². The van der Waals surface area contributed by atoms with Crippen LogP contribution in [0.2, 0.25) is 0 Å². The largest absolute Gasteiger partial charge is 0.497 e. The second-order valence-electron chi connectivity index (χ2n) is 12.4. The van der Waals surface area contributed by atoms with Crippen molar-refractivity contribution < 1.29 is 9.47 Å². The second-order valence-corrected chi connectivity index (χ2v) is 12.4. The Balaban J connectivity index is 1.43. The van der Waals surface area contributed by atoms with Crippen LogP contribution in [0.5, 0.6) is 11.5 Å². The Hall–Kier alpha value is -5.60. The molecule has 0 N–H and O–H groups in total. The van der Waals surface area contributed by atoms with Crippen molar-refractivity contribution in [2.45, 2.75) is 17.8 Å². The van der Waals surface area contributed by atoms with Gasteiger partial charge in [0.15, 0.2) is 0 Å². The molecular formula is C45H36O2. The average Bonchev–Trinajstić information content (AvgIpc) is 3.80. The van der Waals surface area contributed by atoms with Gasteiger partial charge in [0.05, 0.1) is 19.6 Å². The number of benzene rings is 6. The highest BCUT2D eigenvalue weighted by Crippen LogP contribution is 2.61.